The Morgan fingerprint density at radius 1 is 1.62 bits per heavy atom. The van der Waals surface area contributed by atoms with Crippen molar-refractivity contribution in [1.29, 1.82) is 0 Å². The molecule has 2 nitrogen and oxygen atoms in total. The number of benzene rings is 1. The van der Waals surface area contributed by atoms with E-state index in [0.717, 1.165) is 14.2 Å². The molecule has 0 amide bonds. The summed E-state index contributed by atoms with van der Waals surface area (Å²) < 4.78 is 1.07. The van der Waals surface area contributed by atoms with Crippen molar-refractivity contribution in [3.05, 3.63) is 32.4 Å². The summed E-state index contributed by atoms with van der Waals surface area (Å²) in [5.41, 5.74) is 1.08. The van der Waals surface area contributed by atoms with Crippen LogP contribution in [0.15, 0.2) is 18.2 Å². The summed E-state index contributed by atoms with van der Waals surface area (Å²) in [4.78, 5) is 0. The zero-order valence-electron chi connectivity index (χ0n) is 7.22. The topological polar surface area (TPSA) is 32.3 Å². The second-order valence-corrected chi connectivity index (χ2v) is 4.29. The highest BCUT2D eigenvalue weighted by Gasteiger charge is 2.10. The fraction of sp³-hybridized carbons (Fsp3) is 0.333. The molecule has 72 valence electrons. The molecule has 0 aromatic heterocycles. The Kier molecular flexibility index (Phi) is 4.45. The number of halogens is 2. The van der Waals surface area contributed by atoms with Gasteiger partial charge in [0.25, 0.3) is 0 Å². The number of rotatable bonds is 3. The van der Waals surface area contributed by atoms with Gasteiger partial charge in [-0.2, -0.15) is 0 Å². The minimum Gasteiger partial charge on any atom is -0.394 e. The Morgan fingerprint density at radius 3 is 2.77 bits per heavy atom. The van der Waals surface area contributed by atoms with Crippen LogP contribution in [0.4, 0.5) is 0 Å². The molecule has 13 heavy (non-hydrogen) atoms. The highest BCUT2D eigenvalue weighted by Crippen LogP contribution is 2.22. The third-order valence-electron chi connectivity index (χ3n) is 1.87. The van der Waals surface area contributed by atoms with Gasteiger partial charge in [-0.25, -0.2) is 0 Å². The van der Waals surface area contributed by atoms with E-state index in [2.05, 4.69) is 27.9 Å². The highest BCUT2D eigenvalue weighted by atomic mass is 127. The van der Waals surface area contributed by atoms with Gasteiger partial charge < -0.3 is 10.4 Å². The number of aliphatic hydroxyl groups excluding tert-OH is 1. The van der Waals surface area contributed by atoms with E-state index in [9.17, 15) is 0 Å². The molecule has 0 saturated carbocycles. The van der Waals surface area contributed by atoms with E-state index in [1.165, 1.54) is 0 Å². The predicted octanol–water partition coefficient (Wildman–Crippen LogP) is 2.20. The van der Waals surface area contributed by atoms with Crippen LogP contribution in [-0.2, 0) is 0 Å². The lowest BCUT2D eigenvalue weighted by molar-refractivity contribution is 0.250. The number of hydrogen-bond acceptors (Lipinski definition) is 2. The van der Waals surface area contributed by atoms with Gasteiger partial charge in [-0.1, -0.05) is 17.7 Å². The molecule has 0 heterocycles. The van der Waals surface area contributed by atoms with E-state index in [1.807, 2.05) is 25.2 Å². The van der Waals surface area contributed by atoms with E-state index in [-0.39, 0.29) is 12.6 Å². The van der Waals surface area contributed by atoms with Crippen LogP contribution in [0, 0.1) is 3.57 Å². The first-order chi connectivity index (χ1) is 6.19. The molecule has 0 aliphatic heterocycles. The van der Waals surface area contributed by atoms with Crippen molar-refractivity contribution in [3.63, 3.8) is 0 Å². The molecular formula is C9H11ClINO. The number of nitrogens with one attached hydrogen (secondary N) is 1. The summed E-state index contributed by atoms with van der Waals surface area (Å²) in [5, 5.41) is 12.8. The summed E-state index contributed by atoms with van der Waals surface area (Å²) in [6.07, 6.45) is 0. The van der Waals surface area contributed by atoms with Crippen molar-refractivity contribution >= 4 is 34.2 Å². The molecule has 2 N–H and O–H groups in total. The largest absolute Gasteiger partial charge is 0.394 e. The third-order valence-corrected chi connectivity index (χ3v) is 3.04. The number of likely N-dealkylation sites (N-methyl/N-ethyl adjacent to an activating group) is 1. The van der Waals surface area contributed by atoms with E-state index in [1.54, 1.807) is 0 Å². The van der Waals surface area contributed by atoms with Crippen molar-refractivity contribution in [3.8, 4) is 0 Å². The van der Waals surface area contributed by atoms with Gasteiger partial charge in [0.2, 0.25) is 0 Å². The van der Waals surface area contributed by atoms with Crippen LogP contribution in [-0.4, -0.2) is 18.8 Å². The Bertz CT molecular complexity index is 289. The van der Waals surface area contributed by atoms with E-state index < -0.39 is 0 Å². The van der Waals surface area contributed by atoms with Gasteiger partial charge in [-0.05, 0) is 47.3 Å². The monoisotopic (exact) mass is 311 g/mol. The third kappa shape index (κ3) is 2.80. The summed E-state index contributed by atoms with van der Waals surface area (Å²) in [6, 6.07) is 5.64. The quantitative estimate of drug-likeness (QED) is 0.839. The van der Waals surface area contributed by atoms with Crippen LogP contribution < -0.4 is 5.32 Å². The second-order valence-electron chi connectivity index (χ2n) is 2.69. The van der Waals surface area contributed by atoms with Crippen molar-refractivity contribution in [2.45, 2.75) is 6.04 Å². The highest BCUT2D eigenvalue weighted by molar-refractivity contribution is 14.1. The van der Waals surface area contributed by atoms with Crippen LogP contribution in [0.3, 0.4) is 0 Å². The molecule has 1 aromatic carbocycles. The Labute approximate surface area is 96.4 Å². The SMILES string of the molecule is CN[C@H](CO)c1ccc(Cl)cc1I. The van der Waals surface area contributed by atoms with E-state index in [0.29, 0.717) is 0 Å². The molecule has 0 spiro atoms. The molecule has 0 radical (unpaired) electrons. The smallest absolute Gasteiger partial charge is 0.0626 e. The van der Waals surface area contributed by atoms with Crippen molar-refractivity contribution in [2.24, 2.45) is 0 Å². The molecule has 0 unspecified atom stereocenters. The Hall–Kier alpha value is 0.160. The van der Waals surface area contributed by atoms with Crippen LogP contribution in [0.1, 0.15) is 11.6 Å². The summed E-state index contributed by atoms with van der Waals surface area (Å²) >= 11 is 8.03. The first kappa shape index (κ1) is 11.2. The molecule has 1 atom stereocenters. The normalized spacial score (nSPS) is 12.9. The van der Waals surface area contributed by atoms with Crippen molar-refractivity contribution in [2.75, 3.05) is 13.7 Å². The van der Waals surface area contributed by atoms with Gasteiger partial charge in [0.05, 0.1) is 12.6 Å². The summed E-state index contributed by atoms with van der Waals surface area (Å²) in [5.74, 6) is 0. The van der Waals surface area contributed by atoms with Gasteiger partial charge in [0, 0.05) is 8.59 Å². The summed E-state index contributed by atoms with van der Waals surface area (Å²) in [7, 11) is 1.82. The maximum Gasteiger partial charge on any atom is 0.0626 e. The molecule has 1 rings (SSSR count). The minimum atomic E-state index is -0.0100. The first-order valence-electron chi connectivity index (χ1n) is 3.92. The fourth-order valence-electron chi connectivity index (χ4n) is 1.13. The standard InChI is InChI=1S/C9H11ClINO/c1-12-9(5-13)7-3-2-6(10)4-8(7)11/h2-4,9,12-13H,5H2,1H3/t9-/m1/s1. The van der Waals surface area contributed by atoms with Crippen molar-refractivity contribution in [1.82, 2.24) is 5.32 Å². The lowest BCUT2D eigenvalue weighted by Crippen LogP contribution is -2.20. The summed E-state index contributed by atoms with van der Waals surface area (Å²) in [6.45, 7) is 0.0914. The molecule has 4 heteroatoms. The minimum absolute atomic E-state index is 0.0100. The molecule has 1 aromatic rings. The van der Waals surface area contributed by atoms with Crippen molar-refractivity contribution < 1.29 is 5.11 Å². The molecule has 0 aliphatic carbocycles. The molecule has 0 fully saturated rings. The van der Waals surface area contributed by atoms with Crippen LogP contribution in [0.5, 0.6) is 0 Å². The number of aliphatic hydroxyl groups is 1. The van der Waals surface area contributed by atoms with E-state index >= 15 is 0 Å². The zero-order chi connectivity index (χ0) is 9.84. The zero-order valence-corrected chi connectivity index (χ0v) is 10.1. The maximum absolute atomic E-state index is 9.07. The molecular weight excluding hydrogens is 300 g/mol. The van der Waals surface area contributed by atoms with Gasteiger partial charge >= 0.3 is 0 Å². The lowest BCUT2D eigenvalue weighted by atomic mass is 10.1. The average molecular weight is 312 g/mol. The average Bonchev–Trinajstić information content (AvgIpc) is 2.10. The van der Waals surface area contributed by atoms with Gasteiger partial charge in [0.15, 0.2) is 0 Å². The predicted molar refractivity (Wildman–Crippen MR) is 63.1 cm³/mol. The fourth-order valence-corrected chi connectivity index (χ4v) is 2.38. The maximum atomic E-state index is 9.07. The van der Waals surface area contributed by atoms with Gasteiger partial charge in [0.1, 0.15) is 0 Å². The van der Waals surface area contributed by atoms with Crippen LogP contribution >= 0.6 is 34.2 Å². The van der Waals surface area contributed by atoms with Gasteiger partial charge in [-0.15, -0.1) is 0 Å². The van der Waals surface area contributed by atoms with Gasteiger partial charge in [-0.3, -0.25) is 0 Å². The van der Waals surface area contributed by atoms with Crippen LogP contribution in [0.25, 0.3) is 0 Å². The molecule has 0 bridgehead atoms. The Balaban J connectivity index is 2.99. The first-order valence-corrected chi connectivity index (χ1v) is 5.37. The molecule has 0 saturated heterocycles. The lowest BCUT2D eigenvalue weighted by Gasteiger charge is -2.15. The second kappa shape index (κ2) is 5.14. The van der Waals surface area contributed by atoms with Crippen LogP contribution in [0.2, 0.25) is 5.02 Å². The Morgan fingerprint density at radius 2 is 2.31 bits per heavy atom. The molecule has 0 aliphatic rings. The van der Waals surface area contributed by atoms with E-state index in [4.69, 9.17) is 16.7 Å². The number of hydrogen-bond donors (Lipinski definition) is 2.